The van der Waals surface area contributed by atoms with Gasteiger partial charge < -0.3 is 20.1 Å². The van der Waals surface area contributed by atoms with Crippen LogP contribution in [-0.2, 0) is 31.9 Å². The van der Waals surface area contributed by atoms with Gasteiger partial charge in [-0.05, 0) is 44.7 Å². The van der Waals surface area contributed by atoms with Crippen molar-refractivity contribution < 1.29 is 23.9 Å². The molecule has 0 spiro atoms. The van der Waals surface area contributed by atoms with Crippen molar-refractivity contribution in [3.8, 4) is 0 Å². The maximum atomic E-state index is 13.3. The van der Waals surface area contributed by atoms with E-state index in [1.54, 1.807) is 20.8 Å². The minimum absolute atomic E-state index is 0.0503. The Morgan fingerprint density at radius 2 is 1.42 bits per heavy atom. The third kappa shape index (κ3) is 10.2. The van der Waals surface area contributed by atoms with Crippen LogP contribution >= 0.6 is 0 Å². The summed E-state index contributed by atoms with van der Waals surface area (Å²) in [5.41, 5.74) is 1.33. The average molecular weight is 455 g/mol. The first-order valence-electron chi connectivity index (χ1n) is 11.1. The molecule has 0 saturated heterocycles. The molecule has 0 aliphatic heterocycles. The van der Waals surface area contributed by atoms with E-state index in [1.165, 1.54) is 7.11 Å². The number of hydrogen-bond acceptors (Lipinski definition) is 5. The first kappa shape index (κ1) is 25.9. The fourth-order valence-corrected chi connectivity index (χ4v) is 3.35. The summed E-state index contributed by atoms with van der Waals surface area (Å²) in [6, 6.07) is 18.8. The lowest BCUT2D eigenvalue weighted by Crippen LogP contribution is -2.46. The molecule has 0 heterocycles. The second-order valence-corrected chi connectivity index (χ2v) is 8.94. The number of amides is 2. The number of ether oxygens (including phenoxy) is 2. The van der Waals surface area contributed by atoms with Crippen molar-refractivity contribution in [2.24, 2.45) is 5.92 Å². The fraction of sp³-hybridized carbons (Fsp3) is 0.423. The van der Waals surface area contributed by atoms with Crippen molar-refractivity contribution in [2.75, 3.05) is 13.7 Å². The Morgan fingerprint density at radius 3 is 1.94 bits per heavy atom. The topological polar surface area (TPSA) is 93.7 Å². The van der Waals surface area contributed by atoms with Gasteiger partial charge in [0.15, 0.2) is 0 Å². The molecule has 33 heavy (non-hydrogen) atoms. The third-order valence-corrected chi connectivity index (χ3v) is 4.90. The summed E-state index contributed by atoms with van der Waals surface area (Å²) in [5.74, 6) is -1.20. The van der Waals surface area contributed by atoms with Crippen LogP contribution in [-0.4, -0.2) is 43.3 Å². The zero-order chi connectivity index (χ0) is 24.3. The van der Waals surface area contributed by atoms with Crippen molar-refractivity contribution in [3.63, 3.8) is 0 Å². The van der Waals surface area contributed by atoms with Crippen LogP contribution in [0.15, 0.2) is 60.7 Å². The summed E-state index contributed by atoms with van der Waals surface area (Å²) in [6.07, 6.45) is 0.385. The quantitative estimate of drug-likeness (QED) is 0.535. The first-order valence-corrected chi connectivity index (χ1v) is 11.1. The number of alkyl carbamates (subject to hydrolysis) is 1. The highest BCUT2D eigenvalue weighted by Gasteiger charge is 2.25. The zero-order valence-electron chi connectivity index (χ0n) is 19.8. The number of carbonyl (C=O) groups is 3. The molecule has 2 aromatic carbocycles. The molecule has 7 heteroatoms. The van der Waals surface area contributed by atoms with Crippen molar-refractivity contribution in [2.45, 2.75) is 51.7 Å². The molecule has 0 fully saturated rings. The molecule has 2 amide bonds. The van der Waals surface area contributed by atoms with Crippen LogP contribution in [0.3, 0.4) is 0 Å². The molecule has 0 aliphatic rings. The number of hydrogen-bond donors (Lipinski definition) is 2. The number of methoxy groups -OCH3 is 1. The molecule has 7 nitrogen and oxygen atoms in total. The van der Waals surface area contributed by atoms with E-state index < -0.39 is 29.6 Å². The fourth-order valence-electron chi connectivity index (χ4n) is 3.35. The highest BCUT2D eigenvalue weighted by atomic mass is 16.6. The lowest BCUT2D eigenvalue weighted by molar-refractivity contribution is -0.141. The molecule has 2 N–H and O–H groups in total. The van der Waals surface area contributed by atoms with E-state index in [0.29, 0.717) is 12.8 Å². The molecule has 0 aromatic heterocycles. The van der Waals surface area contributed by atoms with Gasteiger partial charge in [0.05, 0.1) is 19.4 Å². The van der Waals surface area contributed by atoms with E-state index >= 15 is 0 Å². The van der Waals surface area contributed by atoms with Gasteiger partial charge in [0, 0.05) is 12.6 Å². The monoisotopic (exact) mass is 454 g/mol. The highest BCUT2D eigenvalue weighted by molar-refractivity contribution is 5.81. The molecule has 2 atom stereocenters. The maximum absolute atomic E-state index is 13.3. The maximum Gasteiger partial charge on any atom is 0.407 e. The van der Waals surface area contributed by atoms with Crippen molar-refractivity contribution in [3.05, 3.63) is 71.8 Å². The molecule has 178 valence electrons. The molecule has 0 saturated carbocycles. The van der Waals surface area contributed by atoms with Gasteiger partial charge in [0.25, 0.3) is 0 Å². The van der Waals surface area contributed by atoms with Crippen LogP contribution in [0.2, 0.25) is 0 Å². The number of carbonyl (C=O) groups excluding carboxylic acids is 3. The Morgan fingerprint density at radius 1 is 0.879 bits per heavy atom. The largest absolute Gasteiger partial charge is 0.469 e. The van der Waals surface area contributed by atoms with Gasteiger partial charge in [-0.15, -0.1) is 0 Å². The Bertz CT molecular complexity index is 894. The molecule has 0 unspecified atom stereocenters. The van der Waals surface area contributed by atoms with Gasteiger partial charge >= 0.3 is 12.1 Å². The summed E-state index contributed by atoms with van der Waals surface area (Å²) in [5, 5.41) is 5.69. The van der Waals surface area contributed by atoms with Crippen LogP contribution in [0.25, 0.3) is 0 Å². The van der Waals surface area contributed by atoms with E-state index in [0.717, 1.165) is 11.1 Å². The van der Waals surface area contributed by atoms with Gasteiger partial charge in [-0.3, -0.25) is 9.59 Å². The van der Waals surface area contributed by atoms with E-state index in [-0.39, 0.29) is 18.9 Å². The Hall–Kier alpha value is -3.35. The standard InChI is InChI=1S/C26H34N2O5/c1-26(2,3)33-25(31)27-18-21(15-19-11-7-5-8-12-19)24(30)28-22(17-23(29)32-4)16-20-13-9-6-10-14-20/h5-14,21-22H,15-18H2,1-4H3,(H,27,31)(H,28,30)/t21-,22+/m1/s1. The van der Waals surface area contributed by atoms with Crippen LogP contribution in [0, 0.1) is 5.92 Å². The lowest BCUT2D eigenvalue weighted by Gasteiger charge is -2.24. The van der Waals surface area contributed by atoms with E-state index in [1.807, 2.05) is 60.7 Å². The third-order valence-electron chi connectivity index (χ3n) is 4.90. The normalized spacial score (nSPS) is 12.8. The molecule has 0 radical (unpaired) electrons. The summed E-state index contributed by atoms with van der Waals surface area (Å²) in [4.78, 5) is 37.4. The average Bonchev–Trinajstić information content (AvgIpc) is 2.76. The van der Waals surface area contributed by atoms with Crippen molar-refractivity contribution in [1.82, 2.24) is 10.6 Å². The summed E-state index contributed by atoms with van der Waals surface area (Å²) in [7, 11) is 1.33. The predicted octanol–water partition coefficient (Wildman–Crippen LogP) is 3.66. The molecule has 0 bridgehead atoms. The Kier molecular flexibility index (Phi) is 9.91. The van der Waals surface area contributed by atoms with Crippen LogP contribution in [0.1, 0.15) is 38.3 Å². The Balaban J connectivity index is 2.13. The van der Waals surface area contributed by atoms with Gasteiger partial charge in [-0.25, -0.2) is 4.79 Å². The van der Waals surface area contributed by atoms with Gasteiger partial charge in [-0.1, -0.05) is 60.7 Å². The first-order chi connectivity index (χ1) is 15.7. The number of nitrogens with one attached hydrogen (secondary N) is 2. The van der Waals surface area contributed by atoms with Crippen LogP contribution in [0.4, 0.5) is 4.79 Å². The smallest absolute Gasteiger partial charge is 0.407 e. The summed E-state index contributed by atoms with van der Waals surface area (Å²) in [6.45, 7) is 5.44. The Labute approximate surface area is 195 Å². The van der Waals surface area contributed by atoms with Gasteiger partial charge in [0.1, 0.15) is 5.60 Å². The second-order valence-electron chi connectivity index (χ2n) is 8.94. The minimum atomic E-state index is -0.636. The molecular weight excluding hydrogens is 420 g/mol. The minimum Gasteiger partial charge on any atom is -0.469 e. The van der Waals surface area contributed by atoms with E-state index in [2.05, 4.69) is 10.6 Å². The number of benzene rings is 2. The van der Waals surface area contributed by atoms with Crippen LogP contribution in [0.5, 0.6) is 0 Å². The van der Waals surface area contributed by atoms with Gasteiger partial charge in [-0.2, -0.15) is 0 Å². The van der Waals surface area contributed by atoms with Crippen molar-refractivity contribution >= 4 is 18.0 Å². The summed E-state index contributed by atoms with van der Waals surface area (Å²) < 4.78 is 10.1. The van der Waals surface area contributed by atoms with E-state index in [9.17, 15) is 14.4 Å². The molecule has 2 rings (SSSR count). The molecule has 0 aliphatic carbocycles. The SMILES string of the molecule is COC(=O)C[C@H](Cc1ccccc1)NC(=O)[C@@H](CNC(=O)OC(C)(C)C)Cc1ccccc1. The van der Waals surface area contributed by atoms with E-state index in [4.69, 9.17) is 9.47 Å². The lowest BCUT2D eigenvalue weighted by atomic mass is 9.96. The summed E-state index contributed by atoms with van der Waals surface area (Å²) >= 11 is 0. The highest BCUT2D eigenvalue weighted by Crippen LogP contribution is 2.13. The number of rotatable bonds is 10. The van der Waals surface area contributed by atoms with Crippen molar-refractivity contribution in [1.29, 1.82) is 0 Å². The molecular formula is C26H34N2O5. The predicted molar refractivity (Wildman–Crippen MR) is 127 cm³/mol. The van der Waals surface area contributed by atoms with Gasteiger partial charge in [0.2, 0.25) is 5.91 Å². The number of esters is 1. The molecule has 2 aromatic rings. The zero-order valence-corrected chi connectivity index (χ0v) is 19.8. The van der Waals surface area contributed by atoms with Crippen LogP contribution < -0.4 is 10.6 Å². The second kappa shape index (κ2) is 12.6.